The zero-order chi connectivity index (χ0) is 20.2. The average molecular weight is 376 g/mol. The molecule has 12 nitrogen and oxygen atoms in total. The minimum Gasteiger partial charge on any atom is -0.504 e. The molecule has 26 heavy (non-hydrogen) atoms. The summed E-state index contributed by atoms with van der Waals surface area (Å²) >= 11 is 0. The number of benzene rings is 1. The molecule has 1 aromatic carbocycles. The van der Waals surface area contributed by atoms with E-state index in [0.717, 1.165) is 7.11 Å². The second-order valence-corrected chi connectivity index (χ2v) is 4.98. The smallest absolute Gasteiger partial charge is 0.347 e. The maximum absolute atomic E-state index is 11.9. The number of carbonyl (C=O) groups is 3. The third-order valence-corrected chi connectivity index (χ3v) is 3.21. The van der Waals surface area contributed by atoms with Crippen LogP contribution in [0.2, 0.25) is 0 Å². The van der Waals surface area contributed by atoms with E-state index in [2.05, 4.69) is 9.47 Å². The third kappa shape index (κ3) is 4.50. The molecule has 0 fully saturated rings. The first-order valence-corrected chi connectivity index (χ1v) is 6.82. The summed E-state index contributed by atoms with van der Waals surface area (Å²) in [4.78, 5) is 34.2. The Kier molecular flexibility index (Phi) is 6.71. The van der Waals surface area contributed by atoms with Gasteiger partial charge in [0.15, 0.2) is 23.4 Å². The van der Waals surface area contributed by atoms with Crippen molar-refractivity contribution in [2.24, 2.45) is 0 Å². The van der Waals surface area contributed by atoms with Gasteiger partial charge in [0.25, 0.3) is 0 Å². The summed E-state index contributed by atoms with van der Waals surface area (Å²) < 4.78 is 8.60. The Balaban J connectivity index is 3.03. The van der Waals surface area contributed by atoms with Crippen molar-refractivity contribution in [3.8, 4) is 17.2 Å². The zero-order valence-corrected chi connectivity index (χ0v) is 13.1. The van der Waals surface area contributed by atoms with Gasteiger partial charge in [0.2, 0.25) is 6.10 Å². The number of methoxy groups -OCH3 is 1. The quantitative estimate of drug-likeness (QED) is 0.197. The highest BCUT2D eigenvalue weighted by molar-refractivity contribution is 5.92. The van der Waals surface area contributed by atoms with Crippen LogP contribution in [0.15, 0.2) is 12.1 Å². The molecule has 0 spiro atoms. The van der Waals surface area contributed by atoms with Crippen LogP contribution in [0, 0.1) is 0 Å². The molecule has 0 bridgehead atoms. The lowest BCUT2D eigenvalue weighted by Gasteiger charge is -2.25. The van der Waals surface area contributed by atoms with E-state index in [9.17, 15) is 45.0 Å². The number of hydrogen-bond acceptors (Lipinski definition) is 11. The number of aliphatic carboxylic acids is 1. The minimum absolute atomic E-state index is 0.598. The Morgan fingerprint density at radius 1 is 0.962 bits per heavy atom. The predicted octanol–water partition coefficient (Wildman–Crippen LogP) is -2.33. The summed E-state index contributed by atoms with van der Waals surface area (Å²) in [5.41, 5.74) is -0.598. The van der Waals surface area contributed by atoms with E-state index in [1.165, 1.54) is 0 Å². The van der Waals surface area contributed by atoms with Crippen LogP contribution in [0.4, 0.5) is 0 Å². The van der Waals surface area contributed by atoms with Gasteiger partial charge < -0.3 is 45.2 Å². The van der Waals surface area contributed by atoms with Gasteiger partial charge in [-0.25, -0.2) is 14.4 Å². The third-order valence-electron chi connectivity index (χ3n) is 3.21. The van der Waals surface area contributed by atoms with E-state index >= 15 is 0 Å². The molecule has 0 amide bonds. The Bertz CT molecular complexity index is 676. The lowest BCUT2D eigenvalue weighted by Crippen LogP contribution is -2.51. The molecular weight excluding hydrogens is 360 g/mol. The van der Waals surface area contributed by atoms with E-state index < -0.39 is 65.1 Å². The van der Waals surface area contributed by atoms with Crippen LogP contribution in [0.3, 0.4) is 0 Å². The number of aliphatic hydroxyl groups is 3. The molecule has 0 saturated carbocycles. The molecule has 0 heterocycles. The van der Waals surface area contributed by atoms with E-state index in [4.69, 9.17) is 5.11 Å². The monoisotopic (exact) mass is 376 g/mol. The molecule has 0 radical (unpaired) electrons. The molecule has 1 rings (SSSR count). The van der Waals surface area contributed by atoms with E-state index in [-0.39, 0.29) is 0 Å². The molecule has 0 aliphatic rings. The van der Waals surface area contributed by atoms with Crippen LogP contribution in [0.1, 0.15) is 10.4 Å². The van der Waals surface area contributed by atoms with Gasteiger partial charge in [0.05, 0.1) is 12.7 Å². The largest absolute Gasteiger partial charge is 0.504 e. The van der Waals surface area contributed by atoms with Crippen molar-refractivity contribution in [2.45, 2.75) is 24.4 Å². The van der Waals surface area contributed by atoms with Gasteiger partial charge in [-0.2, -0.15) is 0 Å². The van der Waals surface area contributed by atoms with E-state index in [1.807, 2.05) is 0 Å². The number of phenolic OH excluding ortho intramolecular Hbond substituents is 3. The van der Waals surface area contributed by atoms with Crippen molar-refractivity contribution >= 4 is 17.9 Å². The number of carbonyl (C=O) groups excluding carboxylic acids is 2. The van der Waals surface area contributed by atoms with Gasteiger partial charge in [0, 0.05) is 0 Å². The van der Waals surface area contributed by atoms with Gasteiger partial charge in [-0.15, -0.1) is 0 Å². The average Bonchev–Trinajstić information content (AvgIpc) is 2.60. The molecule has 4 atom stereocenters. The maximum Gasteiger partial charge on any atom is 0.347 e. The van der Waals surface area contributed by atoms with Gasteiger partial charge in [-0.05, 0) is 12.1 Å². The number of ether oxygens (including phenoxy) is 2. The Hall–Kier alpha value is -3.09. The number of carboxylic acids is 1. The molecule has 0 unspecified atom stereocenters. The summed E-state index contributed by atoms with van der Waals surface area (Å²) in [5.74, 6) is -7.54. The van der Waals surface area contributed by atoms with E-state index in [0.29, 0.717) is 12.1 Å². The van der Waals surface area contributed by atoms with E-state index in [1.54, 1.807) is 0 Å². The summed E-state index contributed by atoms with van der Waals surface area (Å²) in [5, 5.41) is 65.7. The first-order chi connectivity index (χ1) is 12.0. The summed E-state index contributed by atoms with van der Waals surface area (Å²) in [6.07, 6.45) is -9.57. The predicted molar refractivity (Wildman–Crippen MR) is 78.3 cm³/mol. The standard InChI is InChI=1S/C14H16O12/c1-25-14(24)10(20)8(18)9(19)11(12(21)22)26-13(23)4-2-5(15)7(17)6(16)3-4/h2-3,8-11,15-20H,1H3,(H,21,22)/t8-,9+,10+,11-/m1/s1. The first-order valence-electron chi connectivity index (χ1n) is 6.82. The second-order valence-electron chi connectivity index (χ2n) is 4.98. The topological polar surface area (TPSA) is 211 Å². The highest BCUT2D eigenvalue weighted by atomic mass is 16.6. The molecule has 0 aliphatic carbocycles. The van der Waals surface area contributed by atoms with Crippen molar-refractivity contribution < 1.29 is 59.6 Å². The second kappa shape index (κ2) is 8.33. The van der Waals surface area contributed by atoms with Gasteiger partial charge in [-0.3, -0.25) is 0 Å². The molecule has 144 valence electrons. The van der Waals surface area contributed by atoms with Crippen LogP contribution in [0.25, 0.3) is 0 Å². The molecule has 7 N–H and O–H groups in total. The fraction of sp³-hybridized carbons (Fsp3) is 0.357. The lowest BCUT2D eigenvalue weighted by molar-refractivity contribution is -0.174. The number of phenols is 3. The van der Waals surface area contributed by atoms with Crippen LogP contribution in [-0.4, -0.2) is 85.2 Å². The van der Waals surface area contributed by atoms with Gasteiger partial charge >= 0.3 is 17.9 Å². The molecule has 12 heteroatoms. The molecule has 0 aliphatic heterocycles. The zero-order valence-electron chi connectivity index (χ0n) is 13.1. The highest BCUT2D eigenvalue weighted by Crippen LogP contribution is 2.35. The number of esters is 2. The van der Waals surface area contributed by atoms with Crippen molar-refractivity contribution in [1.29, 1.82) is 0 Å². The van der Waals surface area contributed by atoms with Crippen molar-refractivity contribution in [1.82, 2.24) is 0 Å². The van der Waals surface area contributed by atoms with Crippen LogP contribution in [0.5, 0.6) is 17.2 Å². The van der Waals surface area contributed by atoms with Crippen LogP contribution < -0.4 is 0 Å². The lowest BCUT2D eigenvalue weighted by atomic mass is 10.0. The number of hydrogen-bond donors (Lipinski definition) is 7. The van der Waals surface area contributed by atoms with Gasteiger partial charge in [0.1, 0.15) is 12.2 Å². The van der Waals surface area contributed by atoms with Crippen molar-refractivity contribution in [3.05, 3.63) is 17.7 Å². The molecule has 0 saturated heterocycles. The van der Waals surface area contributed by atoms with Crippen LogP contribution >= 0.6 is 0 Å². The van der Waals surface area contributed by atoms with Gasteiger partial charge in [-0.1, -0.05) is 0 Å². The molecule has 0 aromatic heterocycles. The summed E-state index contributed by atoms with van der Waals surface area (Å²) in [6, 6.07) is 1.28. The fourth-order valence-corrected chi connectivity index (χ4v) is 1.80. The van der Waals surface area contributed by atoms with Crippen molar-refractivity contribution in [2.75, 3.05) is 7.11 Å². The maximum atomic E-state index is 11.9. The Morgan fingerprint density at radius 2 is 1.46 bits per heavy atom. The molecular formula is C14H16O12. The number of rotatable bonds is 7. The number of aromatic hydroxyl groups is 3. The Labute approximate surface area is 145 Å². The SMILES string of the molecule is COC(=O)[C@@H](O)[C@H](O)[C@H](O)[C@@H](OC(=O)c1cc(O)c(O)c(O)c1)C(=O)O. The van der Waals surface area contributed by atoms with Crippen LogP contribution in [-0.2, 0) is 19.1 Å². The van der Waals surface area contributed by atoms with Crippen molar-refractivity contribution in [3.63, 3.8) is 0 Å². The Morgan fingerprint density at radius 3 is 1.88 bits per heavy atom. The molecule has 1 aromatic rings. The summed E-state index contributed by atoms with van der Waals surface area (Å²) in [6.45, 7) is 0. The first kappa shape index (κ1) is 21.0. The number of carboxylic acid groups (broad SMARTS) is 1. The minimum atomic E-state index is -2.44. The summed E-state index contributed by atoms with van der Waals surface area (Å²) in [7, 11) is 0.864. The highest BCUT2D eigenvalue weighted by Gasteiger charge is 2.41. The number of aliphatic hydroxyl groups excluding tert-OH is 3. The fourth-order valence-electron chi connectivity index (χ4n) is 1.80. The normalized spacial score (nSPS) is 15.4.